The first-order chi connectivity index (χ1) is 16.1. The van der Waals surface area contributed by atoms with Crippen LogP contribution in [0, 0.1) is 0 Å². The van der Waals surface area contributed by atoms with Gasteiger partial charge in [-0.1, -0.05) is 18.2 Å². The predicted octanol–water partition coefficient (Wildman–Crippen LogP) is 4.90. The highest BCUT2D eigenvalue weighted by Crippen LogP contribution is 2.34. The van der Waals surface area contributed by atoms with E-state index < -0.39 is 38.9 Å². The number of nitrogens with one attached hydrogen (secondary N) is 2. The van der Waals surface area contributed by atoms with Crippen LogP contribution < -0.4 is 15.4 Å². The molecule has 180 valence electrons. The molecule has 0 aliphatic carbocycles. The van der Waals surface area contributed by atoms with Gasteiger partial charge in [0.15, 0.2) is 5.37 Å². The van der Waals surface area contributed by atoms with Crippen molar-refractivity contribution in [1.29, 1.82) is 0 Å². The van der Waals surface area contributed by atoms with Gasteiger partial charge >= 0.3 is 6.18 Å². The standard InChI is InChI=1S/C23H21F3N2O4S2/c24-23(25,26)16-3-1-4-18(13-16)32-17-8-6-15(7-9-17)22(28-21(29)20-5-2-11-27-20)34(30,31)19-10-12-33-14-19/h1,3-4,6-10,12-14,20,22,27H,2,5,11H2,(H,28,29)/t20?,22-/m0/s1. The lowest BCUT2D eigenvalue weighted by molar-refractivity contribution is -0.137. The molecule has 0 radical (unpaired) electrons. The number of ether oxygens (including phenoxy) is 1. The number of thiophene rings is 1. The maximum absolute atomic E-state index is 13.3. The third-order valence-corrected chi connectivity index (χ3v) is 8.12. The number of carbonyl (C=O) groups is 1. The van der Waals surface area contributed by atoms with Gasteiger partial charge in [0.2, 0.25) is 15.7 Å². The van der Waals surface area contributed by atoms with E-state index in [1.807, 2.05) is 0 Å². The molecule has 3 aromatic rings. The van der Waals surface area contributed by atoms with E-state index in [1.165, 1.54) is 59.2 Å². The molecule has 1 amide bonds. The van der Waals surface area contributed by atoms with Crippen LogP contribution in [0.5, 0.6) is 11.5 Å². The topological polar surface area (TPSA) is 84.5 Å². The van der Waals surface area contributed by atoms with Gasteiger partial charge < -0.3 is 15.4 Å². The van der Waals surface area contributed by atoms with Gasteiger partial charge in [-0.2, -0.15) is 24.5 Å². The third kappa shape index (κ3) is 5.43. The Kier molecular flexibility index (Phi) is 6.96. The van der Waals surface area contributed by atoms with Gasteiger partial charge in [0.25, 0.3) is 0 Å². The Morgan fingerprint density at radius 3 is 2.50 bits per heavy atom. The zero-order chi connectivity index (χ0) is 24.3. The molecule has 2 atom stereocenters. The fourth-order valence-electron chi connectivity index (χ4n) is 3.61. The molecule has 6 nitrogen and oxygen atoms in total. The third-order valence-electron chi connectivity index (χ3n) is 5.36. The predicted molar refractivity (Wildman–Crippen MR) is 121 cm³/mol. The molecule has 0 spiro atoms. The van der Waals surface area contributed by atoms with Crippen LogP contribution in [0.3, 0.4) is 0 Å². The molecule has 1 saturated heterocycles. The second-order valence-corrected chi connectivity index (χ2v) is 10.6. The monoisotopic (exact) mass is 510 g/mol. The highest BCUT2D eigenvalue weighted by molar-refractivity contribution is 7.91. The number of sulfone groups is 1. The summed E-state index contributed by atoms with van der Waals surface area (Å²) >= 11 is 1.23. The van der Waals surface area contributed by atoms with Crippen molar-refractivity contribution in [2.45, 2.75) is 35.3 Å². The second kappa shape index (κ2) is 9.77. The SMILES string of the molecule is O=C(N[C@H](c1ccc(Oc2cccc(C(F)(F)F)c2)cc1)S(=O)(=O)c1ccsc1)C1CCCN1. The van der Waals surface area contributed by atoms with Crippen LogP contribution in [0.1, 0.15) is 29.3 Å². The van der Waals surface area contributed by atoms with Gasteiger partial charge in [0.05, 0.1) is 16.5 Å². The summed E-state index contributed by atoms with van der Waals surface area (Å²) in [6, 6.07) is 11.3. The Morgan fingerprint density at radius 2 is 1.88 bits per heavy atom. The molecule has 0 saturated carbocycles. The summed E-state index contributed by atoms with van der Waals surface area (Å²) < 4.78 is 70.9. The van der Waals surface area contributed by atoms with Crippen molar-refractivity contribution < 1.29 is 31.1 Å². The maximum Gasteiger partial charge on any atom is 0.416 e. The van der Waals surface area contributed by atoms with E-state index in [9.17, 15) is 26.4 Å². The number of rotatable bonds is 7. The van der Waals surface area contributed by atoms with Crippen LogP contribution in [0.15, 0.2) is 70.3 Å². The van der Waals surface area contributed by atoms with Gasteiger partial charge in [-0.25, -0.2) is 8.42 Å². The zero-order valence-electron chi connectivity index (χ0n) is 17.7. The first-order valence-corrected chi connectivity index (χ1v) is 12.9. The van der Waals surface area contributed by atoms with E-state index >= 15 is 0 Å². The molecule has 4 rings (SSSR count). The van der Waals surface area contributed by atoms with E-state index in [0.29, 0.717) is 18.5 Å². The molecule has 2 N–H and O–H groups in total. The van der Waals surface area contributed by atoms with E-state index in [0.717, 1.165) is 18.6 Å². The number of alkyl halides is 3. The van der Waals surface area contributed by atoms with Crippen molar-refractivity contribution in [3.8, 4) is 11.5 Å². The maximum atomic E-state index is 13.3. The van der Waals surface area contributed by atoms with E-state index in [1.54, 1.807) is 5.38 Å². The summed E-state index contributed by atoms with van der Waals surface area (Å²) in [5.74, 6) is -0.199. The smallest absolute Gasteiger partial charge is 0.416 e. The number of hydrogen-bond acceptors (Lipinski definition) is 6. The van der Waals surface area contributed by atoms with Gasteiger partial charge in [-0.15, -0.1) is 0 Å². The van der Waals surface area contributed by atoms with Gasteiger partial charge in [-0.05, 0) is 66.7 Å². The Morgan fingerprint density at radius 1 is 1.12 bits per heavy atom. The van der Waals surface area contributed by atoms with Crippen LogP contribution in [-0.4, -0.2) is 26.9 Å². The molecular formula is C23H21F3N2O4S2. The second-order valence-electron chi connectivity index (χ2n) is 7.74. The van der Waals surface area contributed by atoms with E-state index in [4.69, 9.17) is 4.74 Å². The van der Waals surface area contributed by atoms with Crippen molar-refractivity contribution >= 4 is 27.1 Å². The average Bonchev–Trinajstić information content (AvgIpc) is 3.52. The molecule has 2 aromatic carbocycles. The summed E-state index contributed by atoms with van der Waals surface area (Å²) in [5.41, 5.74) is -0.541. The minimum absolute atomic E-state index is 0.00868. The Labute approximate surface area is 198 Å². The Hall–Kier alpha value is -2.89. The minimum Gasteiger partial charge on any atom is -0.457 e. The molecule has 1 fully saturated rings. The van der Waals surface area contributed by atoms with Crippen molar-refractivity contribution in [3.05, 3.63) is 76.5 Å². The summed E-state index contributed by atoms with van der Waals surface area (Å²) in [7, 11) is -3.94. The molecule has 1 aromatic heterocycles. The van der Waals surface area contributed by atoms with Crippen molar-refractivity contribution in [3.63, 3.8) is 0 Å². The zero-order valence-corrected chi connectivity index (χ0v) is 19.3. The van der Waals surface area contributed by atoms with E-state index in [-0.39, 0.29) is 16.4 Å². The largest absolute Gasteiger partial charge is 0.457 e. The van der Waals surface area contributed by atoms with Crippen LogP contribution in [0.25, 0.3) is 0 Å². The molecule has 34 heavy (non-hydrogen) atoms. The number of benzene rings is 2. The molecule has 1 aliphatic heterocycles. The first-order valence-electron chi connectivity index (χ1n) is 10.4. The average molecular weight is 511 g/mol. The lowest BCUT2D eigenvalue weighted by Crippen LogP contribution is -2.44. The number of carbonyl (C=O) groups excluding carboxylic acids is 1. The fourth-order valence-corrected chi connectivity index (χ4v) is 6.23. The van der Waals surface area contributed by atoms with E-state index in [2.05, 4.69) is 10.6 Å². The Balaban J connectivity index is 1.59. The highest BCUT2D eigenvalue weighted by atomic mass is 32.2. The van der Waals surface area contributed by atoms with Crippen molar-refractivity contribution in [2.75, 3.05) is 6.54 Å². The molecule has 11 heteroatoms. The minimum atomic E-state index is -4.50. The molecule has 0 bridgehead atoms. The van der Waals surface area contributed by atoms with Crippen molar-refractivity contribution in [1.82, 2.24) is 10.6 Å². The summed E-state index contributed by atoms with van der Waals surface area (Å²) in [6.07, 6.45) is -3.07. The van der Waals surface area contributed by atoms with Crippen LogP contribution >= 0.6 is 11.3 Å². The first kappa shape index (κ1) is 24.2. The van der Waals surface area contributed by atoms with Crippen LogP contribution in [0.4, 0.5) is 13.2 Å². The molecule has 2 heterocycles. The summed E-state index contributed by atoms with van der Waals surface area (Å²) in [6.45, 7) is 0.682. The van der Waals surface area contributed by atoms with Crippen LogP contribution in [0.2, 0.25) is 0 Å². The number of amides is 1. The quantitative estimate of drug-likeness (QED) is 0.472. The lowest BCUT2D eigenvalue weighted by atomic mass is 10.2. The van der Waals surface area contributed by atoms with Gasteiger partial charge in [0.1, 0.15) is 11.5 Å². The molecule has 1 unspecified atom stereocenters. The summed E-state index contributed by atoms with van der Waals surface area (Å²) in [4.78, 5) is 12.8. The fraction of sp³-hybridized carbons (Fsp3) is 0.261. The van der Waals surface area contributed by atoms with Crippen molar-refractivity contribution in [2.24, 2.45) is 0 Å². The van der Waals surface area contributed by atoms with Crippen LogP contribution in [-0.2, 0) is 20.8 Å². The highest BCUT2D eigenvalue weighted by Gasteiger charge is 2.34. The van der Waals surface area contributed by atoms with Gasteiger partial charge in [-0.3, -0.25) is 4.79 Å². The lowest BCUT2D eigenvalue weighted by Gasteiger charge is -2.21. The number of hydrogen-bond donors (Lipinski definition) is 2. The summed E-state index contributed by atoms with van der Waals surface area (Å²) in [5, 5.41) is 7.49. The molecular weight excluding hydrogens is 489 g/mol. The normalized spacial score (nSPS) is 17.3. The molecule has 1 aliphatic rings. The Bertz CT molecular complexity index is 1240. The number of halogens is 3. The van der Waals surface area contributed by atoms with Gasteiger partial charge in [0, 0.05) is 5.38 Å².